The van der Waals surface area contributed by atoms with E-state index in [2.05, 4.69) is 42.3 Å². The van der Waals surface area contributed by atoms with Gasteiger partial charge < -0.3 is 10.1 Å². The van der Waals surface area contributed by atoms with Crippen LogP contribution in [0.2, 0.25) is 0 Å². The fourth-order valence-corrected chi connectivity index (χ4v) is 3.46. The van der Waals surface area contributed by atoms with E-state index in [1.165, 1.54) is 28.0 Å². The maximum Gasteiger partial charge on any atom is 0.270 e. The highest BCUT2D eigenvalue weighted by molar-refractivity contribution is 7.13. The molecule has 3 rings (SSSR count). The van der Waals surface area contributed by atoms with Crippen molar-refractivity contribution in [1.29, 1.82) is 0 Å². The molecule has 0 saturated carbocycles. The Labute approximate surface area is 164 Å². The monoisotopic (exact) mass is 380 g/mol. The molecule has 0 atom stereocenters. The number of rotatable bonds is 6. The van der Waals surface area contributed by atoms with E-state index in [1.54, 1.807) is 5.38 Å². The molecule has 0 aliphatic heterocycles. The van der Waals surface area contributed by atoms with Gasteiger partial charge in [-0.05, 0) is 63.1 Å². The number of carbonyl (C=O) groups is 1. The van der Waals surface area contributed by atoms with Crippen LogP contribution in [0.5, 0.6) is 5.75 Å². The number of amides is 1. The average Bonchev–Trinajstić information content (AvgIpc) is 3.13. The van der Waals surface area contributed by atoms with Gasteiger partial charge in [0, 0.05) is 17.0 Å². The van der Waals surface area contributed by atoms with Crippen molar-refractivity contribution < 1.29 is 9.53 Å². The van der Waals surface area contributed by atoms with Crippen molar-refractivity contribution in [2.24, 2.45) is 0 Å². The molecular formula is C22H24N2O2S. The number of ether oxygens (including phenoxy) is 1. The fraction of sp³-hybridized carbons (Fsp3) is 0.273. The summed E-state index contributed by atoms with van der Waals surface area (Å²) in [5.74, 6) is 0.676. The van der Waals surface area contributed by atoms with Gasteiger partial charge in [0.1, 0.15) is 23.1 Å². The Kier molecular flexibility index (Phi) is 5.91. The zero-order valence-electron chi connectivity index (χ0n) is 16.1. The summed E-state index contributed by atoms with van der Waals surface area (Å²) < 4.78 is 5.92. The number of thiazole rings is 1. The summed E-state index contributed by atoms with van der Waals surface area (Å²) in [5, 5.41) is 5.47. The Morgan fingerprint density at radius 3 is 2.59 bits per heavy atom. The zero-order valence-corrected chi connectivity index (χ0v) is 16.9. The van der Waals surface area contributed by atoms with Crippen LogP contribution in [-0.2, 0) is 6.61 Å². The quantitative estimate of drug-likeness (QED) is 0.644. The van der Waals surface area contributed by atoms with Gasteiger partial charge in [0.2, 0.25) is 0 Å². The molecule has 0 radical (unpaired) electrons. The van der Waals surface area contributed by atoms with Crippen LogP contribution in [0, 0.1) is 13.8 Å². The second-order valence-electron chi connectivity index (χ2n) is 6.91. The van der Waals surface area contributed by atoms with Gasteiger partial charge in [0.25, 0.3) is 5.91 Å². The van der Waals surface area contributed by atoms with Crippen molar-refractivity contribution in [2.45, 2.75) is 40.3 Å². The molecule has 1 heterocycles. The molecule has 0 spiro atoms. The molecule has 3 aromatic rings. The minimum absolute atomic E-state index is 0.0936. The molecule has 0 fully saturated rings. The van der Waals surface area contributed by atoms with E-state index in [0.29, 0.717) is 12.3 Å². The second-order valence-corrected chi connectivity index (χ2v) is 7.77. The molecule has 0 aliphatic rings. The molecule has 0 bridgehead atoms. The summed E-state index contributed by atoms with van der Waals surface area (Å²) in [4.78, 5) is 16.5. The maximum atomic E-state index is 12.0. The number of nitrogens with one attached hydrogen (secondary N) is 1. The average molecular weight is 381 g/mol. The molecule has 1 aromatic heterocycles. The lowest BCUT2D eigenvalue weighted by Crippen LogP contribution is -2.30. The first-order valence-corrected chi connectivity index (χ1v) is 9.86. The highest BCUT2D eigenvalue weighted by Gasteiger charge is 2.12. The highest BCUT2D eigenvalue weighted by Crippen LogP contribution is 2.26. The minimum Gasteiger partial charge on any atom is -0.489 e. The molecular weight excluding hydrogens is 356 g/mol. The van der Waals surface area contributed by atoms with Crippen molar-refractivity contribution in [2.75, 3.05) is 0 Å². The van der Waals surface area contributed by atoms with Gasteiger partial charge in [-0.1, -0.05) is 23.8 Å². The van der Waals surface area contributed by atoms with Crippen LogP contribution in [-0.4, -0.2) is 16.9 Å². The van der Waals surface area contributed by atoms with Crippen molar-refractivity contribution in [1.82, 2.24) is 10.3 Å². The van der Waals surface area contributed by atoms with E-state index in [9.17, 15) is 4.79 Å². The molecule has 0 unspecified atom stereocenters. The molecule has 0 aliphatic carbocycles. The standard InChI is InChI=1S/C22H24N2O2S/c1-14(2)23-21(25)20-13-27-22(24-20)17-7-9-19(10-8-17)26-12-18-11-15(3)5-6-16(18)4/h5-11,13-14H,12H2,1-4H3,(H,23,25). The number of benzene rings is 2. The van der Waals surface area contributed by atoms with Gasteiger partial charge in [-0.2, -0.15) is 0 Å². The Balaban J connectivity index is 1.66. The smallest absolute Gasteiger partial charge is 0.270 e. The first kappa shape index (κ1) is 19.1. The molecule has 1 N–H and O–H groups in total. The maximum absolute atomic E-state index is 12.0. The van der Waals surface area contributed by atoms with Crippen LogP contribution < -0.4 is 10.1 Å². The SMILES string of the molecule is Cc1ccc(C)c(COc2ccc(-c3nc(C(=O)NC(C)C)cs3)cc2)c1. The van der Waals surface area contributed by atoms with E-state index in [0.717, 1.165) is 16.3 Å². The molecule has 27 heavy (non-hydrogen) atoms. The van der Waals surface area contributed by atoms with Crippen LogP contribution in [0.4, 0.5) is 0 Å². The number of carbonyl (C=O) groups excluding carboxylic acids is 1. The lowest BCUT2D eigenvalue weighted by atomic mass is 10.1. The van der Waals surface area contributed by atoms with Crippen molar-refractivity contribution in [3.8, 4) is 16.3 Å². The van der Waals surface area contributed by atoms with Crippen LogP contribution in [0.25, 0.3) is 10.6 Å². The first-order chi connectivity index (χ1) is 12.9. The Morgan fingerprint density at radius 1 is 1.15 bits per heavy atom. The van der Waals surface area contributed by atoms with E-state index >= 15 is 0 Å². The number of hydrogen-bond donors (Lipinski definition) is 1. The van der Waals surface area contributed by atoms with Crippen molar-refractivity contribution >= 4 is 17.2 Å². The summed E-state index contributed by atoms with van der Waals surface area (Å²) >= 11 is 1.46. The predicted octanol–water partition coefficient (Wildman–Crippen LogP) is 5.14. The predicted molar refractivity (Wildman–Crippen MR) is 110 cm³/mol. The molecule has 5 heteroatoms. The number of nitrogens with zero attached hydrogens (tertiary/aromatic N) is 1. The van der Waals surface area contributed by atoms with Crippen LogP contribution in [0.15, 0.2) is 47.8 Å². The van der Waals surface area contributed by atoms with E-state index < -0.39 is 0 Å². The number of hydrogen-bond acceptors (Lipinski definition) is 4. The third-order valence-corrected chi connectivity index (χ3v) is 5.05. The van der Waals surface area contributed by atoms with Gasteiger partial charge in [0.15, 0.2) is 0 Å². The second kappa shape index (κ2) is 8.35. The molecule has 2 aromatic carbocycles. The number of aromatic nitrogens is 1. The van der Waals surface area contributed by atoms with Gasteiger partial charge in [-0.25, -0.2) is 4.98 Å². The number of aryl methyl sites for hydroxylation is 2. The summed E-state index contributed by atoms with van der Waals surface area (Å²) in [6.45, 7) is 8.59. The molecule has 140 valence electrons. The lowest BCUT2D eigenvalue weighted by molar-refractivity contribution is 0.0939. The third kappa shape index (κ3) is 4.95. The van der Waals surface area contributed by atoms with Gasteiger partial charge in [-0.3, -0.25) is 4.79 Å². The minimum atomic E-state index is -0.138. The summed E-state index contributed by atoms with van der Waals surface area (Å²) in [5.41, 5.74) is 5.09. The van der Waals surface area contributed by atoms with Crippen LogP contribution >= 0.6 is 11.3 Å². The van der Waals surface area contributed by atoms with Gasteiger partial charge >= 0.3 is 0 Å². The zero-order chi connectivity index (χ0) is 19.4. The van der Waals surface area contributed by atoms with Gasteiger partial charge in [-0.15, -0.1) is 11.3 Å². The highest BCUT2D eigenvalue weighted by atomic mass is 32.1. The fourth-order valence-electron chi connectivity index (χ4n) is 2.66. The van der Waals surface area contributed by atoms with Crippen LogP contribution in [0.1, 0.15) is 41.0 Å². The van der Waals surface area contributed by atoms with Crippen molar-refractivity contribution in [3.63, 3.8) is 0 Å². The van der Waals surface area contributed by atoms with E-state index in [1.807, 2.05) is 38.1 Å². The van der Waals surface area contributed by atoms with Gasteiger partial charge in [0.05, 0.1) is 0 Å². The molecule has 4 nitrogen and oxygen atoms in total. The topological polar surface area (TPSA) is 51.2 Å². The summed E-state index contributed by atoms with van der Waals surface area (Å²) in [7, 11) is 0. The summed E-state index contributed by atoms with van der Waals surface area (Å²) in [6.07, 6.45) is 0. The Morgan fingerprint density at radius 2 is 1.89 bits per heavy atom. The third-order valence-electron chi connectivity index (χ3n) is 4.16. The van der Waals surface area contributed by atoms with E-state index in [4.69, 9.17) is 4.74 Å². The summed E-state index contributed by atoms with van der Waals surface area (Å²) in [6, 6.07) is 14.3. The van der Waals surface area contributed by atoms with Crippen LogP contribution in [0.3, 0.4) is 0 Å². The first-order valence-electron chi connectivity index (χ1n) is 8.98. The van der Waals surface area contributed by atoms with Crippen molar-refractivity contribution in [3.05, 3.63) is 70.2 Å². The Hall–Kier alpha value is -2.66. The Bertz CT molecular complexity index is 930. The van der Waals surface area contributed by atoms with E-state index in [-0.39, 0.29) is 11.9 Å². The lowest BCUT2D eigenvalue weighted by Gasteiger charge is -2.10. The molecule has 0 saturated heterocycles. The normalized spacial score (nSPS) is 10.9. The largest absolute Gasteiger partial charge is 0.489 e. The molecule has 1 amide bonds.